The maximum absolute atomic E-state index is 13.4. The van der Waals surface area contributed by atoms with E-state index in [9.17, 15) is 13.2 Å². The van der Waals surface area contributed by atoms with Crippen molar-refractivity contribution in [2.75, 3.05) is 29.5 Å². The number of anilines is 2. The summed E-state index contributed by atoms with van der Waals surface area (Å²) in [7, 11) is -2.45. The summed E-state index contributed by atoms with van der Waals surface area (Å²) in [5.74, 6) is 0.335. The number of aromatic nitrogens is 2. The highest BCUT2D eigenvalue weighted by Gasteiger charge is 2.37. The zero-order valence-corrected chi connectivity index (χ0v) is 19.0. The molecule has 0 saturated heterocycles. The summed E-state index contributed by atoms with van der Waals surface area (Å²) in [5.41, 5.74) is 0.364. The van der Waals surface area contributed by atoms with Gasteiger partial charge in [0.2, 0.25) is 5.13 Å². The highest BCUT2D eigenvalue weighted by Crippen LogP contribution is 2.37. The lowest BCUT2D eigenvalue weighted by Crippen LogP contribution is -2.48. The van der Waals surface area contributed by atoms with Gasteiger partial charge in [-0.15, -0.1) is 10.2 Å². The molecule has 12 heteroatoms. The molecule has 0 fully saturated rings. The first-order valence-electron chi connectivity index (χ1n) is 9.03. The van der Waals surface area contributed by atoms with Gasteiger partial charge in [0, 0.05) is 0 Å². The number of rotatable bonds is 6. The summed E-state index contributed by atoms with van der Waals surface area (Å²) < 4.78 is 39.6. The van der Waals surface area contributed by atoms with E-state index in [0.29, 0.717) is 26.7 Å². The minimum Gasteiger partial charge on any atom is -0.497 e. The van der Waals surface area contributed by atoms with E-state index in [0.717, 1.165) is 0 Å². The zero-order valence-electron chi connectivity index (χ0n) is 16.5. The lowest BCUT2D eigenvalue weighted by atomic mass is 10.2. The first-order chi connectivity index (χ1) is 14.9. The minimum absolute atomic E-state index is 0.0814. The molecule has 4 rings (SSSR count). The van der Waals surface area contributed by atoms with Crippen molar-refractivity contribution in [3.8, 4) is 11.5 Å². The van der Waals surface area contributed by atoms with Crippen LogP contribution in [-0.4, -0.2) is 50.5 Å². The van der Waals surface area contributed by atoms with Crippen LogP contribution in [0.2, 0.25) is 0 Å². The molecular weight excluding hydrogens is 460 g/mol. The fraction of sp³-hybridized carbons (Fsp3) is 0.211. The van der Waals surface area contributed by atoms with Crippen molar-refractivity contribution in [2.24, 2.45) is 0 Å². The molecule has 2 heterocycles. The first kappa shape index (κ1) is 21.4. The van der Waals surface area contributed by atoms with E-state index >= 15 is 0 Å². The van der Waals surface area contributed by atoms with Crippen LogP contribution in [0.5, 0.6) is 11.5 Å². The summed E-state index contributed by atoms with van der Waals surface area (Å²) in [6, 6.07) is 12.8. The van der Waals surface area contributed by atoms with Crippen molar-refractivity contribution in [1.29, 1.82) is 0 Å². The van der Waals surface area contributed by atoms with Gasteiger partial charge >= 0.3 is 0 Å². The van der Waals surface area contributed by atoms with Gasteiger partial charge in [0.25, 0.3) is 15.9 Å². The van der Waals surface area contributed by atoms with E-state index in [1.54, 1.807) is 36.4 Å². The molecule has 1 aliphatic rings. The Kier molecular flexibility index (Phi) is 6.03. The van der Waals surface area contributed by atoms with Crippen LogP contribution in [0.15, 0.2) is 57.8 Å². The normalized spacial score (nSPS) is 15.7. The Morgan fingerprint density at radius 1 is 1.23 bits per heavy atom. The van der Waals surface area contributed by atoms with Crippen molar-refractivity contribution in [1.82, 2.24) is 10.2 Å². The van der Waals surface area contributed by atoms with Gasteiger partial charge in [-0.1, -0.05) is 35.2 Å². The van der Waals surface area contributed by atoms with E-state index < -0.39 is 22.0 Å². The Hall–Kier alpha value is -2.83. The standard InChI is InChI=1S/C19H18N4O5S3/c1-27-12-7-9-13(10-8-12)31(25,26)23-11-16(28-15-6-4-3-5-14(15)23)17(24)20-18-21-22-19(29-2)30-18/h3-10,16H,11H2,1-2H3,(H,20,21,24)/t16-/m1/s1. The molecule has 1 aromatic heterocycles. The van der Waals surface area contributed by atoms with Gasteiger partial charge < -0.3 is 9.47 Å². The second kappa shape index (κ2) is 8.73. The number of fused-ring (bicyclic) bond motifs is 1. The highest BCUT2D eigenvalue weighted by atomic mass is 32.2. The Labute approximate surface area is 187 Å². The summed E-state index contributed by atoms with van der Waals surface area (Å²) in [6.07, 6.45) is 0.791. The number of amides is 1. The van der Waals surface area contributed by atoms with Crippen LogP contribution in [-0.2, 0) is 14.8 Å². The molecule has 31 heavy (non-hydrogen) atoms. The molecule has 1 atom stereocenters. The average molecular weight is 479 g/mol. The van der Waals surface area contributed by atoms with Gasteiger partial charge in [0.1, 0.15) is 11.5 Å². The molecule has 162 valence electrons. The second-order valence-electron chi connectivity index (χ2n) is 6.35. The van der Waals surface area contributed by atoms with E-state index in [1.165, 1.54) is 46.6 Å². The highest BCUT2D eigenvalue weighted by molar-refractivity contribution is 8.00. The van der Waals surface area contributed by atoms with Gasteiger partial charge in [0.15, 0.2) is 10.4 Å². The molecule has 0 bridgehead atoms. The average Bonchev–Trinajstić information content (AvgIpc) is 3.25. The van der Waals surface area contributed by atoms with Crippen molar-refractivity contribution in [2.45, 2.75) is 15.3 Å². The van der Waals surface area contributed by atoms with E-state index in [1.807, 2.05) is 6.26 Å². The van der Waals surface area contributed by atoms with Crippen LogP contribution in [0.3, 0.4) is 0 Å². The molecule has 1 amide bonds. The van der Waals surface area contributed by atoms with E-state index in [4.69, 9.17) is 9.47 Å². The van der Waals surface area contributed by atoms with Gasteiger partial charge in [-0.2, -0.15) is 0 Å². The minimum atomic E-state index is -3.95. The van der Waals surface area contributed by atoms with Gasteiger partial charge in [-0.05, 0) is 42.7 Å². The fourth-order valence-electron chi connectivity index (χ4n) is 2.97. The number of hydrogen-bond acceptors (Lipinski definition) is 9. The number of thioether (sulfide) groups is 1. The van der Waals surface area contributed by atoms with Crippen LogP contribution in [0, 0.1) is 0 Å². The summed E-state index contributed by atoms with van der Waals surface area (Å²) in [5, 5.41) is 10.8. The van der Waals surface area contributed by atoms with Crippen molar-refractivity contribution in [3.63, 3.8) is 0 Å². The molecule has 0 radical (unpaired) electrons. The predicted octanol–water partition coefficient (Wildman–Crippen LogP) is 2.86. The number of methoxy groups -OCH3 is 1. The molecule has 1 aliphatic heterocycles. The third-order valence-electron chi connectivity index (χ3n) is 4.49. The maximum atomic E-state index is 13.4. The third kappa shape index (κ3) is 4.31. The first-order valence-corrected chi connectivity index (χ1v) is 12.5. The van der Waals surface area contributed by atoms with Crippen LogP contribution in [0.25, 0.3) is 0 Å². The Balaban J connectivity index is 1.64. The predicted molar refractivity (Wildman–Crippen MR) is 119 cm³/mol. The molecule has 1 N–H and O–H groups in total. The van der Waals surface area contributed by atoms with Gasteiger partial charge in [0.05, 0.1) is 24.2 Å². The molecule has 0 saturated carbocycles. The Morgan fingerprint density at radius 3 is 2.65 bits per heavy atom. The van der Waals surface area contributed by atoms with Crippen LogP contribution < -0.4 is 19.1 Å². The second-order valence-corrected chi connectivity index (χ2v) is 10.2. The molecule has 9 nitrogen and oxygen atoms in total. The van der Waals surface area contributed by atoms with Crippen molar-refractivity contribution >= 4 is 49.8 Å². The number of hydrogen-bond donors (Lipinski definition) is 1. The lowest BCUT2D eigenvalue weighted by Gasteiger charge is -2.34. The largest absolute Gasteiger partial charge is 0.497 e. The van der Waals surface area contributed by atoms with Gasteiger partial charge in [-0.3, -0.25) is 14.4 Å². The number of nitrogens with one attached hydrogen (secondary N) is 1. The molecule has 2 aromatic carbocycles. The van der Waals surface area contributed by atoms with Crippen molar-refractivity contribution < 1.29 is 22.7 Å². The van der Waals surface area contributed by atoms with Crippen LogP contribution in [0.4, 0.5) is 10.8 Å². The zero-order chi connectivity index (χ0) is 22.0. The summed E-state index contributed by atoms with van der Waals surface area (Å²) in [6.45, 7) is -0.189. The summed E-state index contributed by atoms with van der Waals surface area (Å²) >= 11 is 2.64. The quantitative estimate of drug-likeness (QED) is 0.425. The number of ether oxygens (including phenoxy) is 2. The Morgan fingerprint density at radius 2 is 1.97 bits per heavy atom. The third-order valence-corrected chi connectivity index (χ3v) is 8.09. The maximum Gasteiger partial charge on any atom is 0.269 e. The number of carbonyl (C=O) groups is 1. The molecule has 0 unspecified atom stereocenters. The number of sulfonamides is 1. The molecular formula is C19H18N4O5S3. The van der Waals surface area contributed by atoms with E-state index in [2.05, 4.69) is 15.5 Å². The fourth-order valence-corrected chi connectivity index (χ4v) is 5.62. The van der Waals surface area contributed by atoms with E-state index in [-0.39, 0.29) is 11.4 Å². The smallest absolute Gasteiger partial charge is 0.269 e. The molecule has 0 aliphatic carbocycles. The van der Waals surface area contributed by atoms with Crippen LogP contribution in [0.1, 0.15) is 0 Å². The SMILES string of the molecule is COc1ccc(S(=O)(=O)N2C[C@H](C(=O)Nc3nnc(SC)s3)Oc3ccccc32)cc1. The number of benzene rings is 2. The van der Waals surface area contributed by atoms with Gasteiger partial charge in [-0.25, -0.2) is 8.42 Å². The lowest BCUT2D eigenvalue weighted by molar-refractivity contribution is -0.122. The van der Waals surface area contributed by atoms with Crippen molar-refractivity contribution in [3.05, 3.63) is 48.5 Å². The topological polar surface area (TPSA) is 111 Å². The Bertz CT molecular complexity index is 1200. The molecule has 0 spiro atoms. The summed E-state index contributed by atoms with van der Waals surface area (Å²) in [4.78, 5) is 12.9. The number of carbonyl (C=O) groups excluding carboxylic acids is 1. The number of para-hydroxylation sites is 2. The number of nitrogens with zero attached hydrogens (tertiary/aromatic N) is 3. The molecule has 3 aromatic rings. The van der Waals surface area contributed by atoms with Crippen LogP contribution >= 0.6 is 23.1 Å². The monoisotopic (exact) mass is 478 g/mol.